The van der Waals surface area contributed by atoms with Gasteiger partial charge in [0.2, 0.25) is 0 Å². The molecule has 1 atom stereocenters. The molecule has 2 nitrogen and oxygen atoms in total. The zero-order valence-electron chi connectivity index (χ0n) is 8.98. The fraction of sp³-hybridized carbons (Fsp3) is 0.455. The number of benzene rings is 1. The molecule has 4 heteroatoms. The molecule has 0 saturated carbocycles. The van der Waals surface area contributed by atoms with Crippen LogP contribution in [0.3, 0.4) is 0 Å². The van der Waals surface area contributed by atoms with E-state index >= 15 is 0 Å². The van der Waals surface area contributed by atoms with Gasteiger partial charge in [-0.05, 0) is 44.8 Å². The van der Waals surface area contributed by atoms with Crippen LogP contribution in [0.25, 0.3) is 0 Å². The first kappa shape index (κ1) is 12.4. The van der Waals surface area contributed by atoms with Crippen molar-refractivity contribution < 1.29 is 4.39 Å². The highest BCUT2D eigenvalue weighted by atomic mass is 35.5. The summed E-state index contributed by atoms with van der Waals surface area (Å²) in [7, 11) is 3.79. The highest BCUT2D eigenvalue weighted by Gasteiger charge is 2.10. The van der Waals surface area contributed by atoms with E-state index in [1.165, 1.54) is 6.07 Å². The van der Waals surface area contributed by atoms with E-state index in [2.05, 4.69) is 10.6 Å². The van der Waals surface area contributed by atoms with Crippen LogP contribution >= 0.6 is 11.6 Å². The molecule has 0 aliphatic carbocycles. The molecule has 1 unspecified atom stereocenters. The largest absolute Gasteiger partial charge is 0.320 e. The van der Waals surface area contributed by atoms with Crippen molar-refractivity contribution in [2.24, 2.45) is 0 Å². The Labute approximate surface area is 94.8 Å². The molecule has 0 fully saturated rings. The van der Waals surface area contributed by atoms with Crippen molar-refractivity contribution in [2.45, 2.75) is 12.5 Å². The summed E-state index contributed by atoms with van der Waals surface area (Å²) in [5.74, 6) is -0.371. The first-order valence-electron chi connectivity index (χ1n) is 4.96. The maximum atomic E-state index is 13.0. The Morgan fingerprint density at radius 3 is 2.67 bits per heavy atom. The van der Waals surface area contributed by atoms with E-state index in [4.69, 9.17) is 11.6 Å². The Kier molecular flexibility index (Phi) is 5.02. The molecule has 0 saturated heterocycles. The first-order valence-corrected chi connectivity index (χ1v) is 5.33. The molecule has 0 aliphatic heterocycles. The summed E-state index contributed by atoms with van der Waals surface area (Å²) in [5.41, 5.74) is 1.01. The molecule has 1 rings (SSSR count). The van der Waals surface area contributed by atoms with Crippen molar-refractivity contribution >= 4 is 11.6 Å². The van der Waals surface area contributed by atoms with Crippen LogP contribution in [0.5, 0.6) is 0 Å². The van der Waals surface area contributed by atoms with Crippen molar-refractivity contribution in [3.05, 3.63) is 34.6 Å². The molecule has 1 aromatic rings. The fourth-order valence-corrected chi connectivity index (χ4v) is 1.68. The molecular formula is C11H16ClFN2. The molecule has 0 spiro atoms. The zero-order valence-corrected chi connectivity index (χ0v) is 9.74. The second-order valence-corrected chi connectivity index (χ2v) is 3.81. The lowest BCUT2D eigenvalue weighted by molar-refractivity contribution is 0.531. The van der Waals surface area contributed by atoms with Gasteiger partial charge in [-0.2, -0.15) is 0 Å². The second kappa shape index (κ2) is 6.05. The molecule has 0 aromatic heterocycles. The van der Waals surface area contributed by atoms with Crippen molar-refractivity contribution in [3.8, 4) is 0 Å². The van der Waals surface area contributed by atoms with Crippen LogP contribution in [-0.2, 0) is 0 Å². The third-order valence-electron chi connectivity index (χ3n) is 2.38. The zero-order chi connectivity index (χ0) is 11.3. The summed E-state index contributed by atoms with van der Waals surface area (Å²) < 4.78 is 13.0. The summed E-state index contributed by atoms with van der Waals surface area (Å²) in [4.78, 5) is 0. The summed E-state index contributed by atoms with van der Waals surface area (Å²) in [6.07, 6.45) is 0.939. The van der Waals surface area contributed by atoms with Crippen LogP contribution < -0.4 is 10.6 Å². The van der Waals surface area contributed by atoms with Crippen molar-refractivity contribution in [2.75, 3.05) is 20.6 Å². The maximum absolute atomic E-state index is 13.0. The van der Waals surface area contributed by atoms with Gasteiger partial charge in [0.1, 0.15) is 5.82 Å². The van der Waals surface area contributed by atoms with Crippen LogP contribution in [0.4, 0.5) is 4.39 Å². The van der Waals surface area contributed by atoms with E-state index in [1.54, 1.807) is 12.1 Å². The van der Waals surface area contributed by atoms with Gasteiger partial charge in [0.05, 0.1) is 5.02 Å². The third-order valence-corrected chi connectivity index (χ3v) is 2.67. The number of hydrogen-bond donors (Lipinski definition) is 2. The molecule has 15 heavy (non-hydrogen) atoms. The summed E-state index contributed by atoms with van der Waals surface area (Å²) in [5, 5.41) is 6.44. The molecule has 0 heterocycles. The van der Waals surface area contributed by atoms with E-state index in [0.29, 0.717) is 0 Å². The third kappa shape index (κ3) is 3.45. The maximum Gasteiger partial charge on any atom is 0.141 e. The Morgan fingerprint density at radius 1 is 1.40 bits per heavy atom. The number of nitrogens with one attached hydrogen (secondary N) is 2. The molecule has 84 valence electrons. The van der Waals surface area contributed by atoms with Crippen molar-refractivity contribution in [1.29, 1.82) is 0 Å². The number of halogens is 2. The first-order chi connectivity index (χ1) is 7.19. The Balaban J connectivity index is 2.78. The molecule has 1 aromatic carbocycles. The van der Waals surface area contributed by atoms with Gasteiger partial charge >= 0.3 is 0 Å². The minimum absolute atomic E-state index is 0.178. The monoisotopic (exact) mass is 230 g/mol. The average molecular weight is 231 g/mol. The Morgan fingerprint density at radius 2 is 2.13 bits per heavy atom. The van der Waals surface area contributed by atoms with Crippen molar-refractivity contribution in [3.63, 3.8) is 0 Å². The van der Waals surface area contributed by atoms with Gasteiger partial charge in [-0.1, -0.05) is 17.7 Å². The molecular weight excluding hydrogens is 215 g/mol. The van der Waals surface area contributed by atoms with E-state index in [9.17, 15) is 4.39 Å². The minimum atomic E-state index is -0.371. The smallest absolute Gasteiger partial charge is 0.141 e. The van der Waals surface area contributed by atoms with Crippen LogP contribution in [0.2, 0.25) is 5.02 Å². The summed E-state index contributed by atoms with van der Waals surface area (Å²) >= 11 is 5.73. The molecule has 0 aliphatic rings. The summed E-state index contributed by atoms with van der Waals surface area (Å²) in [6, 6.07) is 5.04. The van der Waals surface area contributed by atoms with Gasteiger partial charge in [-0.25, -0.2) is 4.39 Å². The normalized spacial score (nSPS) is 12.8. The van der Waals surface area contributed by atoms with Crippen LogP contribution in [0, 0.1) is 5.82 Å². The highest BCUT2D eigenvalue weighted by Crippen LogP contribution is 2.22. The topological polar surface area (TPSA) is 24.1 Å². The van der Waals surface area contributed by atoms with E-state index < -0.39 is 0 Å². The fourth-order valence-electron chi connectivity index (χ4n) is 1.50. The molecule has 0 bridgehead atoms. The van der Waals surface area contributed by atoms with Crippen LogP contribution in [0.1, 0.15) is 18.0 Å². The van der Waals surface area contributed by atoms with Gasteiger partial charge in [-0.15, -0.1) is 0 Å². The lowest BCUT2D eigenvalue weighted by atomic mass is 10.0. The van der Waals surface area contributed by atoms with E-state index in [0.717, 1.165) is 18.5 Å². The molecule has 0 amide bonds. The molecule has 2 N–H and O–H groups in total. The predicted octanol–water partition coefficient (Wildman–Crippen LogP) is 2.35. The quantitative estimate of drug-likeness (QED) is 0.812. The van der Waals surface area contributed by atoms with E-state index in [1.807, 2.05) is 14.1 Å². The van der Waals surface area contributed by atoms with Gasteiger partial charge in [-0.3, -0.25) is 0 Å². The Bertz CT molecular complexity index is 317. The highest BCUT2D eigenvalue weighted by molar-refractivity contribution is 6.30. The van der Waals surface area contributed by atoms with E-state index in [-0.39, 0.29) is 16.9 Å². The molecule has 0 radical (unpaired) electrons. The predicted molar refractivity (Wildman–Crippen MR) is 61.8 cm³/mol. The number of hydrogen-bond acceptors (Lipinski definition) is 2. The van der Waals surface area contributed by atoms with Crippen molar-refractivity contribution in [1.82, 2.24) is 10.6 Å². The lowest BCUT2D eigenvalue weighted by Crippen LogP contribution is -2.21. The van der Waals surface area contributed by atoms with Gasteiger partial charge in [0, 0.05) is 6.04 Å². The standard InChI is InChI=1S/C11H16ClFN2/c1-14-6-5-11(15-2)8-3-4-10(13)9(12)7-8/h3-4,7,11,14-15H,5-6H2,1-2H3. The van der Waals surface area contributed by atoms with Crippen LogP contribution in [-0.4, -0.2) is 20.6 Å². The van der Waals surface area contributed by atoms with Gasteiger partial charge < -0.3 is 10.6 Å². The van der Waals surface area contributed by atoms with Crippen LogP contribution in [0.15, 0.2) is 18.2 Å². The Hall–Kier alpha value is -0.640. The van der Waals surface area contributed by atoms with Gasteiger partial charge in [0.25, 0.3) is 0 Å². The number of rotatable bonds is 5. The summed E-state index contributed by atoms with van der Waals surface area (Å²) in [6.45, 7) is 0.903. The van der Waals surface area contributed by atoms with Gasteiger partial charge in [0.15, 0.2) is 0 Å². The SMILES string of the molecule is CNCCC(NC)c1ccc(F)c(Cl)c1. The second-order valence-electron chi connectivity index (χ2n) is 3.41. The lowest BCUT2D eigenvalue weighted by Gasteiger charge is -2.16. The minimum Gasteiger partial charge on any atom is -0.320 e. The average Bonchev–Trinajstić information content (AvgIpc) is 2.24.